The molecule has 8 nitrogen and oxygen atoms in total. The highest BCUT2D eigenvalue weighted by molar-refractivity contribution is 5.72. The van der Waals surface area contributed by atoms with Gasteiger partial charge in [0.05, 0.1) is 17.5 Å². The second-order valence-electron chi connectivity index (χ2n) is 6.74. The van der Waals surface area contributed by atoms with E-state index < -0.39 is 5.92 Å². The molecule has 0 radical (unpaired) electrons. The molecule has 8 heteroatoms. The minimum Gasteiger partial charge on any atom is -0.300 e. The van der Waals surface area contributed by atoms with E-state index in [1.54, 1.807) is 17.8 Å². The fourth-order valence-corrected chi connectivity index (χ4v) is 2.55. The molecule has 3 rings (SSSR count). The van der Waals surface area contributed by atoms with Crippen molar-refractivity contribution in [1.82, 2.24) is 24.4 Å². The summed E-state index contributed by atoms with van der Waals surface area (Å²) in [5.74, 6) is 2.33. The number of aromatic nitrogens is 5. The summed E-state index contributed by atoms with van der Waals surface area (Å²) in [6.45, 7) is 8.84. The highest BCUT2D eigenvalue weighted by Gasteiger charge is 2.22. The van der Waals surface area contributed by atoms with Gasteiger partial charge in [-0.15, -0.1) is 6.42 Å². The van der Waals surface area contributed by atoms with Crippen LogP contribution in [0.2, 0.25) is 0 Å². The molecule has 0 amide bonds. The van der Waals surface area contributed by atoms with E-state index in [2.05, 4.69) is 21.1 Å². The summed E-state index contributed by atoms with van der Waals surface area (Å²) in [7, 11) is 0. The van der Waals surface area contributed by atoms with Crippen LogP contribution >= 0.6 is 0 Å². The van der Waals surface area contributed by atoms with Gasteiger partial charge in [-0.05, 0) is 34.6 Å². The van der Waals surface area contributed by atoms with Crippen LogP contribution in [0.25, 0.3) is 16.9 Å². The van der Waals surface area contributed by atoms with Crippen molar-refractivity contribution in [3.05, 3.63) is 40.1 Å². The van der Waals surface area contributed by atoms with Gasteiger partial charge in [-0.25, -0.2) is 4.98 Å². The number of rotatable bonds is 3. The van der Waals surface area contributed by atoms with Gasteiger partial charge in [0, 0.05) is 29.9 Å². The number of terminal acetylenes is 1. The van der Waals surface area contributed by atoms with Gasteiger partial charge in [0.2, 0.25) is 0 Å². The fourth-order valence-electron chi connectivity index (χ4n) is 2.55. The summed E-state index contributed by atoms with van der Waals surface area (Å²) in [5.41, 5.74) is 1.84. The van der Waals surface area contributed by atoms with Crippen LogP contribution in [0.5, 0.6) is 0 Å². The van der Waals surface area contributed by atoms with Gasteiger partial charge in [0.1, 0.15) is 17.4 Å². The third-order valence-electron chi connectivity index (χ3n) is 3.90. The van der Waals surface area contributed by atoms with Crippen LogP contribution in [0, 0.1) is 23.7 Å². The van der Waals surface area contributed by atoms with E-state index in [1.165, 1.54) is 24.6 Å². The molecule has 0 saturated carbocycles. The quantitative estimate of drug-likeness (QED) is 0.705. The molecular weight excluding hydrogens is 356 g/mol. The highest BCUT2D eigenvalue weighted by atomic mass is 16.1. The number of hydrogen-bond donors (Lipinski definition) is 1. The molecule has 3 aromatic rings. The largest absolute Gasteiger partial charge is 0.300 e. The number of Topliss-reactive ketones (excluding diaryl/α,β-unsaturated/α-hetero) is 1. The number of carbonyl (C=O) groups is 1. The first-order valence-corrected chi connectivity index (χ1v) is 8.73. The van der Waals surface area contributed by atoms with Gasteiger partial charge in [-0.1, -0.05) is 5.92 Å². The molecule has 0 saturated heterocycles. The number of hydrogen-bond acceptors (Lipinski definition) is 5. The smallest absolute Gasteiger partial charge is 0.277 e. The van der Waals surface area contributed by atoms with E-state index in [0.717, 1.165) is 0 Å². The van der Waals surface area contributed by atoms with Crippen molar-refractivity contribution in [2.45, 2.75) is 46.6 Å². The Bertz CT molecular complexity index is 1150. The number of nitrogens with one attached hydrogen (secondary N) is 1. The molecule has 3 heterocycles. The second-order valence-corrected chi connectivity index (χ2v) is 6.74. The number of carbonyl (C=O) groups excluding carboxylic acids is 1. The topological polar surface area (TPSA) is 109 Å². The SMILES string of the molecule is C#CC(C)c1c(-c2cnn(C(C)C)c2)nc2c(C#N)c[nH]n2c1=O.CC(C)=O. The Balaban J connectivity index is 0.000000640. The maximum absolute atomic E-state index is 12.9. The van der Waals surface area contributed by atoms with Crippen molar-refractivity contribution < 1.29 is 4.79 Å². The lowest BCUT2D eigenvalue weighted by atomic mass is 9.99. The van der Waals surface area contributed by atoms with Crippen LogP contribution in [0.15, 0.2) is 23.4 Å². The number of aromatic amines is 1. The van der Waals surface area contributed by atoms with Crippen LogP contribution in [0.4, 0.5) is 0 Å². The second kappa shape index (κ2) is 8.36. The van der Waals surface area contributed by atoms with Gasteiger partial charge in [0.15, 0.2) is 5.65 Å². The molecule has 1 atom stereocenters. The van der Waals surface area contributed by atoms with Crippen LogP contribution in [-0.2, 0) is 4.79 Å². The molecule has 0 spiro atoms. The fraction of sp³-hybridized carbons (Fsp3) is 0.350. The van der Waals surface area contributed by atoms with E-state index in [0.29, 0.717) is 22.4 Å². The first-order valence-electron chi connectivity index (χ1n) is 8.73. The molecule has 0 fully saturated rings. The van der Waals surface area contributed by atoms with Crippen molar-refractivity contribution >= 4 is 11.4 Å². The molecule has 0 aliphatic carbocycles. The summed E-state index contributed by atoms with van der Waals surface area (Å²) in [6, 6.07) is 2.21. The van der Waals surface area contributed by atoms with Gasteiger partial charge in [0.25, 0.3) is 5.56 Å². The summed E-state index contributed by atoms with van der Waals surface area (Å²) in [4.78, 5) is 26.8. The lowest BCUT2D eigenvalue weighted by molar-refractivity contribution is -0.114. The lowest BCUT2D eigenvalue weighted by Crippen LogP contribution is -2.23. The van der Waals surface area contributed by atoms with Crippen molar-refractivity contribution in [2.75, 3.05) is 0 Å². The summed E-state index contributed by atoms with van der Waals surface area (Å²) < 4.78 is 3.03. The van der Waals surface area contributed by atoms with Gasteiger partial charge in [-0.3, -0.25) is 14.6 Å². The first kappa shape index (κ1) is 20.7. The maximum atomic E-state index is 12.9. The summed E-state index contributed by atoms with van der Waals surface area (Å²) in [5, 5.41) is 16.3. The molecular formula is C20H22N6O2. The standard InChI is InChI=1S/C17H16N6O.C3H6O/c1-5-11(4)14-15(13-8-19-22(9-13)10(2)3)21-16-12(6-18)7-20-23(16)17(14)24;1-3(2)4/h1,7-11,20H,2-4H3;1-2H3. The molecule has 0 aromatic carbocycles. The van der Waals surface area contributed by atoms with Crippen molar-refractivity contribution in [3.63, 3.8) is 0 Å². The van der Waals surface area contributed by atoms with Gasteiger partial charge < -0.3 is 4.79 Å². The van der Waals surface area contributed by atoms with E-state index in [1.807, 2.05) is 26.1 Å². The van der Waals surface area contributed by atoms with Crippen LogP contribution in [0.1, 0.15) is 57.7 Å². The molecule has 1 unspecified atom stereocenters. The summed E-state index contributed by atoms with van der Waals surface area (Å²) >= 11 is 0. The van der Waals surface area contributed by atoms with Crippen molar-refractivity contribution in [2.24, 2.45) is 0 Å². The highest BCUT2D eigenvalue weighted by Crippen LogP contribution is 2.26. The number of ketones is 1. The van der Waals surface area contributed by atoms with Crippen molar-refractivity contribution in [1.29, 1.82) is 5.26 Å². The van der Waals surface area contributed by atoms with Gasteiger partial charge >= 0.3 is 0 Å². The Morgan fingerprint density at radius 3 is 2.46 bits per heavy atom. The Hall–Kier alpha value is -3.65. The average molecular weight is 378 g/mol. The minimum atomic E-state index is -0.423. The zero-order valence-electron chi connectivity index (χ0n) is 16.5. The number of fused-ring (bicyclic) bond motifs is 1. The molecule has 1 N–H and O–H groups in total. The predicted octanol–water partition coefficient (Wildman–Crippen LogP) is 2.67. The molecule has 0 aliphatic heterocycles. The lowest BCUT2D eigenvalue weighted by Gasteiger charge is -2.10. The zero-order valence-corrected chi connectivity index (χ0v) is 16.5. The molecule has 0 aliphatic rings. The molecule has 3 aromatic heterocycles. The maximum Gasteiger partial charge on any atom is 0.277 e. The van der Waals surface area contributed by atoms with Gasteiger partial charge in [-0.2, -0.15) is 14.9 Å². The first-order chi connectivity index (χ1) is 13.2. The Morgan fingerprint density at radius 2 is 1.96 bits per heavy atom. The zero-order chi connectivity index (χ0) is 21.0. The third kappa shape index (κ3) is 4.02. The molecule has 144 valence electrons. The average Bonchev–Trinajstić information content (AvgIpc) is 3.27. The number of nitriles is 1. The van der Waals surface area contributed by atoms with E-state index >= 15 is 0 Å². The predicted molar refractivity (Wildman–Crippen MR) is 106 cm³/mol. The number of nitrogens with zero attached hydrogens (tertiary/aromatic N) is 5. The Labute approximate surface area is 162 Å². The summed E-state index contributed by atoms with van der Waals surface area (Å²) in [6.07, 6.45) is 10.5. The molecule has 28 heavy (non-hydrogen) atoms. The van der Waals surface area contributed by atoms with E-state index in [4.69, 9.17) is 6.42 Å². The van der Waals surface area contributed by atoms with Crippen molar-refractivity contribution in [3.8, 4) is 29.7 Å². The van der Waals surface area contributed by atoms with E-state index in [-0.39, 0.29) is 23.0 Å². The Morgan fingerprint density at radius 1 is 1.32 bits per heavy atom. The number of H-pyrrole nitrogens is 1. The van der Waals surface area contributed by atoms with Crippen LogP contribution in [-0.4, -0.2) is 30.2 Å². The minimum absolute atomic E-state index is 0.167. The van der Waals surface area contributed by atoms with Crippen LogP contribution < -0.4 is 5.56 Å². The third-order valence-corrected chi connectivity index (χ3v) is 3.90. The molecule has 0 bridgehead atoms. The Kier molecular flexibility index (Phi) is 6.17. The van der Waals surface area contributed by atoms with Crippen LogP contribution in [0.3, 0.4) is 0 Å². The van der Waals surface area contributed by atoms with E-state index in [9.17, 15) is 14.9 Å². The monoisotopic (exact) mass is 378 g/mol. The normalized spacial score (nSPS) is 11.4.